The molecule has 1 aliphatic carbocycles. The highest BCUT2D eigenvalue weighted by atomic mass is 32.2. The van der Waals surface area contributed by atoms with E-state index in [9.17, 15) is 8.42 Å². The molecule has 6 nitrogen and oxygen atoms in total. The van der Waals surface area contributed by atoms with E-state index in [1.807, 2.05) is 0 Å². The van der Waals surface area contributed by atoms with Gasteiger partial charge < -0.3 is 15.5 Å². The van der Waals surface area contributed by atoms with Gasteiger partial charge in [0, 0.05) is 36.4 Å². The van der Waals surface area contributed by atoms with E-state index in [-0.39, 0.29) is 10.5 Å². The maximum Gasteiger partial charge on any atom is 0.242 e. The van der Waals surface area contributed by atoms with E-state index in [0.29, 0.717) is 17.6 Å². The summed E-state index contributed by atoms with van der Waals surface area (Å²) in [4.78, 5) is 3.17. The molecule has 1 fully saturated rings. The van der Waals surface area contributed by atoms with E-state index in [1.54, 1.807) is 25.3 Å². The molecule has 1 heterocycles. The van der Waals surface area contributed by atoms with Gasteiger partial charge in [-0.25, -0.2) is 13.1 Å². The minimum absolute atomic E-state index is 0.218. The number of H-pyrrole nitrogens is 1. The third kappa shape index (κ3) is 2.52. The van der Waals surface area contributed by atoms with Crippen LogP contribution >= 0.6 is 0 Å². The summed E-state index contributed by atoms with van der Waals surface area (Å²) in [5.41, 5.74) is 6.67. The molecule has 0 bridgehead atoms. The van der Waals surface area contributed by atoms with E-state index in [0.717, 1.165) is 24.8 Å². The van der Waals surface area contributed by atoms with Crippen molar-refractivity contribution in [3.05, 3.63) is 24.4 Å². The lowest BCUT2D eigenvalue weighted by Gasteiger charge is -2.40. The van der Waals surface area contributed by atoms with Crippen molar-refractivity contribution in [1.82, 2.24) is 9.71 Å². The second kappa shape index (κ2) is 5.01. The van der Waals surface area contributed by atoms with Crippen LogP contribution in [0, 0.1) is 0 Å². The normalized spacial score (nSPS) is 17.8. The van der Waals surface area contributed by atoms with Gasteiger partial charge in [0.2, 0.25) is 10.0 Å². The van der Waals surface area contributed by atoms with Gasteiger partial charge in [-0.2, -0.15) is 0 Å². The molecule has 4 N–H and O–H groups in total. The second-order valence-electron chi connectivity index (χ2n) is 5.52. The van der Waals surface area contributed by atoms with Gasteiger partial charge in [0.1, 0.15) is 4.90 Å². The van der Waals surface area contributed by atoms with Crippen LogP contribution in [0.25, 0.3) is 10.9 Å². The summed E-state index contributed by atoms with van der Waals surface area (Å²) < 4.78 is 33.1. The summed E-state index contributed by atoms with van der Waals surface area (Å²) in [6.45, 7) is 0.292. The van der Waals surface area contributed by atoms with Crippen LogP contribution in [0.15, 0.2) is 29.3 Å². The summed E-state index contributed by atoms with van der Waals surface area (Å²) >= 11 is 0. The van der Waals surface area contributed by atoms with Crippen LogP contribution in [0.1, 0.15) is 19.3 Å². The smallest absolute Gasteiger partial charge is 0.242 e. The van der Waals surface area contributed by atoms with Crippen molar-refractivity contribution in [2.45, 2.75) is 29.8 Å². The standard InChI is InChI=1S/C14H19N3O3S/c1-20-14(5-2-6-14)9-17-21(18,19)13-8-16-12-4-3-10(15)7-11(12)13/h3-4,7-8,16-17H,2,5-6,9,15H2,1H3. The lowest BCUT2D eigenvalue weighted by atomic mass is 9.80. The summed E-state index contributed by atoms with van der Waals surface area (Å²) in [5.74, 6) is 0. The number of hydrogen-bond acceptors (Lipinski definition) is 4. The zero-order valence-corrected chi connectivity index (χ0v) is 12.7. The lowest BCUT2D eigenvalue weighted by Crippen LogP contribution is -2.49. The molecule has 1 aromatic carbocycles. The fraction of sp³-hybridized carbons (Fsp3) is 0.429. The highest BCUT2D eigenvalue weighted by Crippen LogP contribution is 2.34. The molecule has 0 saturated heterocycles. The molecule has 2 aromatic rings. The average Bonchev–Trinajstić information content (AvgIpc) is 2.81. The summed E-state index contributed by atoms with van der Waals surface area (Å²) in [6, 6.07) is 5.17. The second-order valence-corrected chi connectivity index (χ2v) is 7.26. The molecule has 7 heteroatoms. The topological polar surface area (TPSA) is 97.2 Å². The van der Waals surface area contributed by atoms with Gasteiger partial charge in [-0.15, -0.1) is 0 Å². The SMILES string of the molecule is COC1(CNS(=O)(=O)c2c[nH]c3ccc(N)cc23)CCC1. The van der Waals surface area contributed by atoms with E-state index in [2.05, 4.69) is 9.71 Å². The van der Waals surface area contributed by atoms with Crippen LogP contribution < -0.4 is 10.5 Å². The van der Waals surface area contributed by atoms with Crippen LogP contribution in [0.2, 0.25) is 0 Å². The molecule has 3 rings (SSSR count). The number of nitrogens with one attached hydrogen (secondary N) is 2. The Bertz CT molecular complexity index is 757. The molecule has 1 aliphatic rings. The molecular formula is C14H19N3O3S. The largest absolute Gasteiger partial charge is 0.399 e. The number of benzene rings is 1. The zero-order chi connectivity index (χ0) is 15.1. The highest BCUT2D eigenvalue weighted by Gasteiger charge is 2.38. The predicted octanol–water partition coefficient (Wildman–Crippen LogP) is 1.60. The molecule has 0 radical (unpaired) electrons. The van der Waals surface area contributed by atoms with Crippen molar-refractivity contribution in [3.63, 3.8) is 0 Å². The molecule has 0 amide bonds. The van der Waals surface area contributed by atoms with Gasteiger partial charge in [-0.1, -0.05) is 0 Å². The van der Waals surface area contributed by atoms with Crippen LogP contribution in [-0.2, 0) is 14.8 Å². The number of ether oxygens (including phenoxy) is 1. The fourth-order valence-corrected chi connectivity index (χ4v) is 3.94. The Hall–Kier alpha value is -1.57. The fourth-order valence-electron chi connectivity index (χ4n) is 2.66. The number of nitrogens with two attached hydrogens (primary N) is 1. The molecule has 114 valence electrons. The van der Waals surface area contributed by atoms with Gasteiger partial charge in [0.15, 0.2) is 0 Å². The number of rotatable bonds is 5. The minimum Gasteiger partial charge on any atom is -0.399 e. The van der Waals surface area contributed by atoms with Gasteiger partial charge in [0.05, 0.1) is 5.60 Å². The Morgan fingerprint density at radius 1 is 1.43 bits per heavy atom. The van der Waals surface area contributed by atoms with Crippen molar-refractivity contribution < 1.29 is 13.2 Å². The first kappa shape index (κ1) is 14.4. The van der Waals surface area contributed by atoms with Gasteiger partial charge in [0.25, 0.3) is 0 Å². The van der Waals surface area contributed by atoms with Crippen LogP contribution in [0.5, 0.6) is 0 Å². The van der Waals surface area contributed by atoms with Gasteiger partial charge >= 0.3 is 0 Å². The number of aromatic nitrogens is 1. The van der Waals surface area contributed by atoms with E-state index in [4.69, 9.17) is 10.5 Å². The van der Waals surface area contributed by atoms with Crippen molar-refractivity contribution >= 4 is 26.6 Å². The molecule has 21 heavy (non-hydrogen) atoms. The maximum absolute atomic E-state index is 12.5. The number of nitrogen functional groups attached to an aromatic ring is 1. The molecular weight excluding hydrogens is 290 g/mol. The number of sulfonamides is 1. The van der Waals surface area contributed by atoms with Crippen molar-refractivity contribution in [3.8, 4) is 0 Å². The predicted molar refractivity (Wildman–Crippen MR) is 81.5 cm³/mol. The number of aromatic amines is 1. The first-order valence-electron chi connectivity index (χ1n) is 6.87. The number of anilines is 1. The Balaban J connectivity index is 1.88. The van der Waals surface area contributed by atoms with Crippen molar-refractivity contribution in [1.29, 1.82) is 0 Å². The molecule has 1 aromatic heterocycles. The molecule has 0 aliphatic heterocycles. The Kier molecular flexibility index (Phi) is 3.43. The summed E-state index contributed by atoms with van der Waals surface area (Å²) in [6.07, 6.45) is 4.32. The first-order valence-corrected chi connectivity index (χ1v) is 8.36. The molecule has 0 spiro atoms. The third-order valence-electron chi connectivity index (χ3n) is 4.24. The van der Waals surface area contributed by atoms with Crippen LogP contribution in [0.4, 0.5) is 5.69 Å². The van der Waals surface area contributed by atoms with Crippen molar-refractivity contribution in [2.24, 2.45) is 0 Å². The first-order chi connectivity index (χ1) is 9.96. The summed E-state index contributed by atoms with van der Waals surface area (Å²) in [7, 11) is -1.97. The lowest BCUT2D eigenvalue weighted by molar-refractivity contribution is -0.0659. The quantitative estimate of drug-likeness (QED) is 0.731. The highest BCUT2D eigenvalue weighted by molar-refractivity contribution is 7.89. The van der Waals surface area contributed by atoms with E-state index >= 15 is 0 Å². The van der Waals surface area contributed by atoms with E-state index in [1.165, 1.54) is 6.20 Å². The van der Waals surface area contributed by atoms with Crippen LogP contribution in [-0.4, -0.2) is 32.7 Å². The van der Waals surface area contributed by atoms with Crippen molar-refractivity contribution in [2.75, 3.05) is 19.4 Å². The Labute approximate surface area is 123 Å². The monoisotopic (exact) mass is 309 g/mol. The summed E-state index contributed by atoms with van der Waals surface area (Å²) in [5, 5.41) is 0.600. The zero-order valence-electron chi connectivity index (χ0n) is 11.8. The Morgan fingerprint density at radius 2 is 2.19 bits per heavy atom. The Morgan fingerprint density at radius 3 is 2.81 bits per heavy atom. The average molecular weight is 309 g/mol. The number of fused-ring (bicyclic) bond motifs is 1. The molecule has 0 atom stereocenters. The maximum atomic E-state index is 12.5. The molecule has 0 unspecified atom stereocenters. The minimum atomic E-state index is -3.60. The third-order valence-corrected chi connectivity index (χ3v) is 5.68. The molecule has 1 saturated carbocycles. The van der Waals surface area contributed by atoms with E-state index < -0.39 is 10.0 Å². The van der Waals surface area contributed by atoms with Gasteiger partial charge in [-0.3, -0.25) is 0 Å². The number of hydrogen-bond donors (Lipinski definition) is 3. The van der Waals surface area contributed by atoms with Gasteiger partial charge in [-0.05, 0) is 37.5 Å². The van der Waals surface area contributed by atoms with Crippen LogP contribution in [0.3, 0.4) is 0 Å². The number of methoxy groups -OCH3 is 1.